The summed E-state index contributed by atoms with van der Waals surface area (Å²) in [5, 5.41) is 7.14. The number of aromatic amines is 1. The number of nitrogens with one attached hydrogen (secondary N) is 2. The summed E-state index contributed by atoms with van der Waals surface area (Å²) in [5.41, 5.74) is 5.23. The maximum atomic E-state index is 5.90. The quantitative estimate of drug-likeness (QED) is 0.471. The molecular formula is C19H22BrN5O2S. The van der Waals surface area contributed by atoms with E-state index in [1.807, 2.05) is 45.0 Å². The van der Waals surface area contributed by atoms with Crippen molar-refractivity contribution in [3.8, 4) is 22.9 Å². The second-order valence-electron chi connectivity index (χ2n) is 6.26. The van der Waals surface area contributed by atoms with Gasteiger partial charge >= 0.3 is 0 Å². The van der Waals surface area contributed by atoms with Gasteiger partial charge in [0.15, 0.2) is 17.3 Å². The van der Waals surface area contributed by atoms with Crippen molar-refractivity contribution < 1.29 is 9.47 Å². The van der Waals surface area contributed by atoms with Gasteiger partial charge in [-0.15, -0.1) is 0 Å². The molecule has 2 heterocycles. The average molecular weight is 464 g/mol. The first-order valence-electron chi connectivity index (χ1n) is 8.93. The first-order valence-corrected chi connectivity index (χ1v) is 10.1. The van der Waals surface area contributed by atoms with Gasteiger partial charge in [0.05, 0.1) is 23.7 Å². The Bertz CT molecular complexity index is 988. The van der Waals surface area contributed by atoms with Crippen LogP contribution in [0.25, 0.3) is 11.4 Å². The van der Waals surface area contributed by atoms with Crippen LogP contribution in [-0.2, 0) is 6.54 Å². The number of nitrogens with zero attached hydrogens (tertiary/aromatic N) is 3. The molecule has 2 aromatic heterocycles. The van der Waals surface area contributed by atoms with Crippen LogP contribution in [0.5, 0.6) is 11.5 Å². The molecule has 148 valence electrons. The predicted octanol–water partition coefficient (Wildman–Crippen LogP) is 4.69. The Morgan fingerprint density at radius 1 is 1.29 bits per heavy atom. The van der Waals surface area contributed by atoms with Crippen LogP contribution in [0.1, 0.15) is 26.3 Å². The number of ether oxygens (including phenoxy) is 2. The molecule has 0 amide bonds. The monoisotopic (exact) mass is 463 g/mol. The summed E-state index contributed by atoms with van der Waals surface area (Å²) in [6, 6.07) is 7.73. The topological polar surface area (TPSA) is 77.0 Å². The van der Waals surface area contributed by atoms with Crippen LogP contribution >= 0.6 is 28.1 Å². The number of rotatable bonds is 8. The second kappa shape index (κ2) is 9.20. The largest absolute Gasteiger partial charge is 0.490 e. The minimum absolute atomic E-state index is 0.0478. The van der Waals surface area contributed by atoms with Crippen molar-refractivity contribution >= 4 is 28.1 Å². The Morgan fingerprint density at radius 2 is 2.04 bits per heavy atom. The van der Waals surface area contributed by atoms with E-state index in [1.54, 1.807) is 17.1 Å². The van der Waals surface area contributed by atoms with E-state index in [0.717, 1.165) is 15.6 Å². The van der Waals surface area contributed by atoms with E-state index in [-0.39, 0.29) is 6.10 Å². The number of hydrogen-bond donors (Lipinski definition) is 2. The molecule has 0 fully saturated rings. The maximum Gasteiger partial charge on any atom is 0.214 e. The van der Waals surface area contributed by atoms with Crippen LogP contribution in [-0.4, -0.2) is 32.6 Å². The molecule has 0 bridgehead atoms. The number of H-pyrrole nitrogens is 1. The number of hydrogen-bond acceptors (Lipinski definition) is 6. The summed E-state index contributed by atoms with van der Waals surface area (Å²) in [7, 11) is 0. The molecule has 3 rings (SSSR count). The van der Waals surface area contributed by atoms with Gasteiger partial charge in [-0.1, -0.05) is 0 Å². The summed E-state index contributed by atoms with van der Waals surface area (Å²) >= 11 is 8.96. The standard InChI is InChI=1S/C19H22BrN5O2S/c1-4-26-16-10-13(9-15(20)17(16)27-12(2)3)11-22-25-18(23-24-19(25)28)14-5-7-21-8-6-14/h5-10,12,22H,4,11H2,1-3H3,(H,24,28). The van der Waals surface area contributed by atoms with Crippen molar-refractivity contribution in [2.45, 2.75) is 33.4 Å². The first kappa shape index (κ1) is 20.3. The van der Waals surface area contributed by atoms with Crippen LogP contribution in [0.4, 0.5) is 0 Å². The first-order chi connectivity index (χ1) is 13.5. The molecule has 3 aromatic rings. The number of pyridine rings is 1. The third-order valence-corrected chi connectivity index (χ3v) is 4.64. The van der Waals surface area contributed by atoms with Gasteiger partial charge in [0.2, 0.25) is 4.77 Å². The second-order valence-corrected chi connectivity index (χ2v) is 7.50. The minimum Gasteiger partial charge on any atom is -0.490 e. The van der Waals surface area contributed by atoms with Crippen LogP contribution in [0.15, 0.2) is 41.1 Å². The molecule has 0 saturated heterocycles. The summed E-state index contributed by atoms with van der Waals surface area (Å²) in [5.74, 6) is 2.10. The highest BCUT2D eigenvalue weighted by atomic mass is 79.9. The molecule has 0 aliphatic carbocycles. The zero-order valence-corrected chi connectivity index (χ0v) is 18.3. The molecule has 9 heteroatoms. The molecule has 0 aliphatic heterocycles. The molecule has 0 spiro atoms. The molecule has 0 atom stereocenters. The summed E-state index contributed by atoms with van der Waals surface area (Å²) in [6.45, 7) is 6.99. The molecule has 28 heavy (non-hydrogen) atoms. The normalized spacial score (nSPS) is 10.9. The molecule has 7 nitrogen and oxygen atoms in total. The molecular weight excluding hydrogens is 442 g/mol. The van der Waals surface area contributed by atoms with Crippen molar-refractivity contribution in [2.75, 3.05) is 12.0 Å². The van der Waals surface area contributed by atoms with E-state index in [4.69, 9.17) is 21.7 Å². The van der Waals surface area contributed by atoms with Gasteiger partial charge in [0.25, 0.3) is 0 Å². The Morgan fingerprint density at radius 3 is 2.71 bits per heavy atom. The van der Waals surface area contributed by atoms with Gasteiger partial charge < -0.3 is 14.9 Å². The molecule has 0 radical (unpaired) electrons. The van der Waals surface area contributed by atoms with Crippen LogP contribution in [0.2, 0.25) is 0 Å². The van der Waals surface area contributed by atoms with Crippen LogP contribution < -0.4 is 14.9 Å². The smallest absolute Gasteiger partial charge is 0.214 e. The van der Waals surface area contributed by atoms with Gasteiger partial charge in [-0.3, -0.25) is 4.98 Å². The minimum atomic E-state index is 0.0478. The fourth-order valence-corrected chi connectivity index (χ4v) is 3.42. The lowest BCUT2D eigenvalue weighted by Gasteiger charge is -2.18. The van der Waals surface area contributed by atoms with Gasteiger partial charge in [-0.2, -0.15) is 5.10 Å². The highest BCUT2D eigenvalue weighted by molar-refractivity contribution is 9.10. The third kappa shape index (κ3) is 4.71. The molecule has 0 aliphatic rings. The van der Waals surface area contributed by atoms with E-state index < -0.39 is 0 Å². The Balaban J connectivity index is 1.86. The summed E-state index contributed by atoms with van der Waals surface area (Å²) in [4.78, 5) is 4.04. The van der Waals surface area contributed by atoms with Crippen molar-refractivity contribution in [3.05, 3.63) is 51.5 Å². The van der Waals surface area contributed by atoms with E-state index in [0.29, 0.717) is 35.2 Å². The predicted molar refractivity (Wildman–Crippen MR) is 115 cm³/mol. The lowest BCUT2D eigenvalue weighted by atomic mass is 10.2. The zero-order chi connectivity index (χ0) is 20.1. The Kier molecular flexibility index (Phi) is 6.69. The Labute approximate surface area is 177 Å². The Hall–Kier alpha value is -2.39. The molecule has 2 N–H and O–H groups in total. The lowest BCUT2D eigenvalue weighted by molar-refractivity contribution is 0.222. The fourth-order valence-electron chi connectivity index (χ4n) is 2.65. The maximum absolute atomic E-state index is 5.90. The summed E-state index contributed by atoms with van der Waals surface area (Å²) in [6.07, 6.45) is 3.48. The lowest BCUT2D eigenvalue weighted by Crippen LogP contribution is -2.16. The molecule has 1 aromatic carbocycles. The van der Waals surface area contributed by atoms with Crippen LogP contribution in [0.3, 0.4) is 0 Å². The number of aromatic nitrogens is 4. The molecule has 0 unspecified atom stereocenters. The van der Waals surface area contributed by atoms with Gasteiger partial charge in [-0.25, -0.2) is 9.77 Å². The molecule has 0 saturated carbocycles. The van der Waals surface area contributed by atoms with E-state index >= 15 is 0 Å². The van der Waals surface area contributed by atoms with E-state index in [2.05, 4.69) is 36.5 Å². The highest BCUT2D eigenvalue weighted by Gasteiger charge is 2.14. The fraction of sp³-hybridized carbons (Fsp3) is 0.316. The SMILES string of the molecule is CCOc1cc(CNn2c(-c3ccncc3)n[nH]c2=S)cc(Br)c1OC(C)C. The van der Waals surface area contributed by atoms with Crippen LogP contribution in [0, 0.1) is 4.77 Å². The highest BCUT2D eigenvalue weighted by Crippen LogP contribution is 2.37. The average Bonchev–Trinajstić information content (AvgIpc) is 3.04. The van der Waals surface area contributed by atoms with Crippen molar-refractivity contribution in [1.29, 1.82) is 0 Å². The van der Waals surface area contributed by atoms with Gasteiger partial charge in [0, 0.05) is 18.0 Å². The third-order valence-electron chi connectivity index (χ3n) is 3.77. The number of halogens is 1. The number of benzene rings is 1. The van der Waals surface area contributed by atoms with Crippen molar-refractivity contribution in [3.63, 3.8) is 0 Å². The van der Waals surface area contributed by atoms with Crippen molar-refractivity contribution in [2.24, 2.45) is 0 Å². The van der Waals surface area contributed by atoms with E-state index in [1.165, 1.54) is 0 Å². The van der Waals surface area contributed by atoms with Gasteiger partial charge in [-0.05, 0) is 78.7 Å². The zero-order valence-electron chi connectivity index (χ0n) is 15.9. The summed E-state index contributed by atoms with van der Waals surface area (Å²) < 4.78 is 14.7. The van der Waals surface area contributed by atoms with Gasteiger partial charge in [0.1, 0.15) is 0 Å². The van der Waals surface area contributed by atoms with E-state index in [9.17, 15) is 0 Å². The van der Waals surface area contributed by atoms with Crippen molar-refractivity contribution in [1.82, 2.24) is 19.9 Å².